The molecule has 1 aliphatic rings. The Morgan fingerprint density at radius 2 is 1.74 bits per heavy atom. The molecule has 0 aliphatic carbocycles. The van der Waals surface area contributed by atoms with Gasteiger partial charge < -0.3 is 29.0 Å². The standard InChI is InChI=1S/C30H29N5O4/c1-37-25-13-12-24(16-26(25)38-2)39-20-27-33-29-28(35(27)18-21-8-4-3-5-9-21)30(36)34(15-14-32-29)19-23-11-7-6-10-22(23)17-31/h3-13,16,32H,14-15,18-20H2,1-2H3. The maximum Gasteiger partial charge on any atom is 0.274 e. The third-order valence-corrected chi connectivity index (χ3v) is 6.62. The van der Waals surface area contributed by atoms with Crippen LogP contribution in [0.15, 0.2) is 72.8 Å². The van der Waals surface area contributed by atoms with Crippen LogP contribution < -0.4 is 19.5 Å². The van der Waals surface area contributed by atoms with Gasteiger partial charge in [-0.15, -0.1) is 0 Å². The number of hydrogen-bond acceptors (Lipinski definition) is 7. The summed E-state index contributed by atoms with van der Waals surface area (Å²) in [5.74, 6) is 2.74. The summed E-state index contributed by atoms with van der Waals surface area (Å²) in [5, 5.41) is 12.9. The van der Waals surface area contributed by atoms with Crippen LogP contribution in [0.2, 0.25) is 0 Å². The third kappa shape index (κ3) is 5.50. The Kier molecular flexibility index (Phi) is 7.64. The number of imidazole rings is 1. The number of methoxy groups -OCH3 is 2. The second-order valence-electron chi connectivity index (χ2n) is 9.02. The molecule has 5 rings (SSSR count). The molecule has 9 nitrogen and oxygen atoms in total. The number of hydrogen-bond donors (Lipinski definition) is 1. The molecule has 0 saturated carbocycles. The molecule has 4 aromatic rings. The van der Waals surface area contributed by atoms with Crippen molar-refractivity contribution in [1.82, 2.24) is 14.5 Å². The van der Waals surface area contributed by atoms with Crippen LogP contribution in [0.3, 0.4) is 0 Å². The molecule has 9 heteroatoms. The number of nitrogens with zero attached hydrogens (tertiary/aromatic N) is 4. The number of rotatable bonds is 9. The molecular weight excluding hydrogens is 494 g/mol. The molecule has 0 bridgehead atoms. The molecular formula is C30H29N5O4. The number of fused-ring (bicyclic) bond motifs is 1. The summed E-state index contributed by atoms with van der Waals surface area (Å²) in [5.41, 5.74) is 2.87. The van der Waals surface area contributed by atoms with E-state index in [-0.39, 0.29) is 12.5 Å². The van der Waals surface area contributed by atoms with Crippen molar-refractivity contribution in [1.29, 1.82) is 5.26 Å². The van der Waals surface area contributed by atoms with E-state index in [0.29, 0.717) is 66.3 Å². The van der Waals surface area contributed by atoms with E-state index in [9.17, 15) is 10.1 Å². The summed E-state index contributed by atoms with van der Waals surface area (Å²) in [6.45, 7) is 1.94. The summed E-state index contributed by atoms with van der Waals surface area (Å²) in [7, 11) is 3.15. The average Bonchev–Trinajstić information content (AvgIpc) is 3.23. The van der Waals surface area contributed by atoms with Gasteiger partial charge in [-0.05, 0) is 29.3 Å². The summed E-state index contributed by atoms with van der Waals surface area (Å²) >= 11 is 0. The highest BCUT2D eigenvalue weighted by Gasteiger charge is 2.30. The van der Waals surface area contributed by atoms with Crippen LogP contribution in [-0.2, 0) is 19.7 Å². The number of amides is 1. The van der Waals surface area contributed by atoms with E-state index in [1.807, 2.05) is 53.1 Å². The van der Waals surface area contributed by atoms with Crippen LogP contribution in [0.4, 0.5) is 5.82 Å². The van der Waals surface area contributed by atoms with Crippen molar-refractivity contribution in [3.63, 3.8) is 0 Å². The maximum absolute atomic E-state index is 14.0. The fraction of sp³-hybridized carbons (Fsp3) is 0.233. The van der Waals surface area contributed by atoms with Gasteiger partial charge in [0, 0.05) is 32.2 Å². The molecule has 2 heterocycles. The Labute approximate surface area is 227 Å². The normalized spacial score (nSPS) is 12.6. The van der Waals surface area contributed by atoms with Crippen LogP contribution >= 0.6 is 0 Å². The third-order valence-electron chi connectivity index (χ3n) is 6.62. The minimum absolute atomic E-state index is 0.140. The SMILES string of the molecule is COc1ccc(OCc2nc3c(n2Cc2ccccc2)C(=O)N(Cc2ccccc2C#N)CCN3)cc1OC. The minimum Gasteiger partial charge on any atom is -0.493 e. The van der Waals surface area contributed by atoms with E-state index < -0.39 is 0 Å². The zero-order valence-corrected chi connectivity index (χ0v) is 21.9. The van der Waals surface area contributed by atoms with Crippen molar-refractivity contribution < 1.29 is 19.0 Å². The zero-order valence-electron chi connectivity index (χ0n) is 21.9. The van der Waals surface area contributed by atoms with Crippen molar-refractivity contribution in [3.8, 4) is 23.3 Å². The number of benzene rings is 3. The molecule has 0 radical (unpaired) electrons. The molecule has 0 spiro atoms. The van der Waals surface area contributed by atoms with Gasteiger partial charge in [0.05, 0.1) is 25.9 Å². The maximum atomic E-state index is 14.0. The second-order valence-corrected chi connectivity index (χ2v) is 9.02. The zero-order chi connectivity index (χ0) is 27.2. The molecule has 0 saturated heterocycles. The van der Waals surface area contributed by atoms with Crippen molar-refractivity contribution in [3.05, 3.63) is 101 Å². The Hall–Kier alpha value is -4.97. The number of carbonyl (C=O) groups is 1. The van der Waals surface area contributed by atoms with Crippen LogP contribution in [0.1, 0.15) is 33.0 Å². The lowest BCUT2D eigenvalue weighted by atomic mass is 10.1. The first-order chi connectivity index (χ1) is 19.1. The van der Waals surface area contributed by atoms with Crippen molar-refractivity contribution in [2.45, 2.75) is 19.7 Å². The van der Waals surface area contributed by atoms with Gasteiger partial charge >= 0.3 is 0 Å². The summed E-state index contributed by atoms with van der Waals surface area (Å²) in [4.78, 5) is 20.5. The molecule has 3 aromatic carbocycles. The van der Waals surface area contributed by atoms with Gasteiger partial charge in [0.25, 0.3) is 5.91 Å². The van der Waals surface area contributed by atoms with Gasteiger partial charge in [0.15, 0.2) is 23.0 Å². The molecule has 1 aliphatic heterocycles. The van der Waals surface area contributed by atoms with Gasteiger partial charge in [-0.25, -0.2) is 4.98 Å². The number of carbonyl (C=O) groups excluding carboxylic acids is 1. The monoisotopic (exact) mass is 523 g/mol. The predicted molar refractivity (Wildman–Crippen MR) is 146 cm³/mol. The van der Waals surface area contributed by atoms with E-state index in [0.717, 1.165) is 11.1 Å². The van der Waals surface area contributed by atoms with Crippen LogP contribution in [0, 0.1) is 11.3 Å². The largest absolute Gasteiger partial charge is 0.493 e. The number of nitriles is 1. The number of nitrogens with one attached hydrogen (secondary N) is 1. The van der Waals surface area contributed by atoms with Gasteiger partial charge in [0.2, 0.25) is 0 Å². The first kappa shape index (κ1) is 25.7. The first-order valence-electron chi connectivity index (χ1n) is 12.6. The lowest BCUT2D eigenvalue weighted by Crippen LogP contribution is -2.34. The average molecular weight is 524 g/mol. The van der Waals surface area contributed by atoms with Crippen LogP contribution in [0.5, 0.6) is 17.2 Å². The molecule has 1 aromatic heterocycles. The Bertz CT molecular complexity index is 1510. The van der Waals surface area contributed by atoms with Crippen molar-refractivity contribution in [2.75, 3.05) is 32.6 Å². The topological polar surface area (TPSA) is 102 Å². The molecule has 198 valence electrons. The van der Waals surface area contributed by atoms with Gasteiger partial charge in [-0.2, -0.15) is 5.26 Å². The highest BCUT2D eigenvalue weighted by molar-refractivity contribution is 5.98. The highest BCUT2D eigenvalue weighted by Crippen LogP contribution is 2.32. The van der Waals surface area contributed by atoms with Gasteiger partial charge in [0.1, 0.15) is 18.2 Å². The summed E-state index contributed by atoms with van der Waals surface area (Å²) < 4.78 is 18.7. The Morgan fingerprint density at radius 3 is 2.51 bits per heavy atom. The van der Waals surface area contributed by atoms with Gasteiger partial charge in [-0.1, -0.05) is 48.5 Å². The van der Waals surface area contributed by atoms with E-state index in [4.69, 9.17) is 19.2 Å². The lowest BCUT2D eigenvalue weighted by molar-refractivity contribution is 0.0744. The first-order valence-corrected chi connectivity index (χ1v) is 12.6. The Balaban J connectivity index is 1.48. The molecule has 0 unspecified atom stereocenters. The van der Waals surface area contributed by atoms with E-state index in [1.54, 1.807) is 43.4 Å². The molecule has 0 atom stereocenters. The van der Waals surface area contributed by atoms with Crippen LogP contribution in [-0.4, -0.2) is 47.7 Å². The molecule has 1 amide bonds. The number of anilines is 1. The summed E-state index contributed by atoms with van der Waals surface area (Å²) in [6, 6.07) is 24.8. The Morgan fingerprint density at radius 1 is 0.974 bits per heavy atom. The number of aromatic nitrogens is 2. The fourth-order valence-corrected chi connectivity index (χ4v) is 4.62. The van der Waals surface area contributed by atoms with Crippen molar-refractivity contribution >= 4 is 11.7 Å². The molecule has 0 fully saturated rings. The summed E-state index contributed by atoms with van der Waals surface area (Å²) in [6.07, 6.45) is 0. The number of ether oxygens (including phenoxy) is 3. The second kappa shape index (κ2) is 11.6. The molecule has 1 N–H and O–H groups in total. The minimum atomic E-state index is -0.149. The lowest BCUT2D eigenvalue weighted by Gasteiger charge is -2.22. The quantitative estimate of drug-likeness (QED) is 0.345. The predicted octanol–water partition coefficient (Wildman–Crippen LogP) is 4.47. The molecule has 39 heavy (non-hydrogen) atoms. The van der Waals surface area contributed by atoms with E-state index in [2.05, 4.69) is 11.4 Å². The smallest absolute Gasteiger partial charge is 0.274 e. The van der Waals surface area contributed by atoms with Gasteiger partial charge in [-0.3, -0.25) is 4.79 Å². The van der Waals surface area contributed by atoms with Crippen LogP contribution in [0.25, 0.3) is 0 Å². The van der Waals surface area contributed by atoms with E-state index >= 15 is 0 Å². The highest BCUT2D eigenvalue weighted by atomic mass is 16.5. The fourth-order valence-electron chi connectivity index (χ4n) is 4.62. The van der Waals surface area contributed by atoms with Crippen molar-refractivity contribution in [2.24, 2.45) is 0 Å². The van der Waals surface area contributed by atoms with E-state index in [1.165, 1.54) is 0 Å².